The molecule has 1 aromatic carbocycles. The lowest BCUT2D eigenvalue weighted by atomic mass is 10.1. The minimum atomic E-state index is -3.92. The second-order valence-corrected chi connectivity index (χ2v) is 3.99. The van der Waals surface area contributed by atoms with Crippen molar-refractivity contribution >= 4 is 23.2 Å². The standard InChI is InChI=1S/C11H8ClF2N3O/c12-11(13,14)10(18)17-9-3-1-2-7(4-9)8-5-15-16-6-8/h1-6H,(H,15,16)(H,17,18). The number of H-pyrrole nitrogens is 1. The highest BCUT2D eigenvalue weighted by Crippen LogP contribution is 2.24. The summed E-state index contributed by atoms with van der Waals surface area (Å²) in [7, 11) is 0. The van der Waals surface area contributed by atoms with Crippen LogP contribution < -0.4 is 5.32 Å². The number of anilines is 1. The molecule has 0 spiro atoms. The Hall–Kier alpha value is -1.95. The quantitative estimate of drug-likeness (QED) is 0.844. The number of benzene rings is 1. The Morgan fingerprint density at radius 1 is 1.39 bits per heavy atom. The molecule has 4 nitrogen and oxygen atoms in total. The fraction of sp³-hybridized carbons (Fsp3) is 0.0909. The number of halogens is 3. The number of aromatic nitrogens is 2. The summed E-state index contributed by atoms with van der Waals surface area (Å²) in [4.78, 5) is 11.0. The summed E-state index contributed by atoms with van der Waals surface area (Å²) in [5.74, 6) is -1.56. The van der Waals surface area contributed by atoms with E-state index in [0.29, 0.717) is 0 Å². The predicted molar refractivity (Wildman–Crippen MR) is 63.5 cm³/mol. The van der Waals surface area contributed by atoms with Crippen molar-refractivity contribution in [3.63, 3.8) is 0 Å². The Morgan fingerprint density at radius 3 is 2.78 bits per heavy atom. The topological polar surface area (TPSA) is 57.8 Å². The first-order valence-corrected chi connectivity index (χ1v) is 5.32. The summed E-state index contributed by atoms with van der Waals surface area (Å²) >= 11 is 4.61. The number of aromatic amines is 1. The molecule has 0 radical (unpaired) electrons. The van der Waals surface area contributed by atoms with Gasteiger partial charge in [-0.25, -0.2) is 0 Å². The molecule has 0 bridgehead atoms. The van der Waals surface area contributed by atoms with Crippen molar-refractivity contribution in [3.05, 3.63) is 36.7 Å². The lowest BCUT2D eigenvalue weighted by Crippen LogP contribution is -2.28. The molecule has 0 saturated carbocycles. The van der Waals surface area contributed by atoms with Crippen LogP contribution in [-0.2, 0) is 4.79 Å². The van der Waals surface area contributed by atoms with Gasteiger partial charge in [0.25, 0.3) is 0 Å². The Labute approximate surface area is 106 Å². The largest absolute Gasteiger partial charge is 0.400 e. The normalized spacial score (nSPS) is 11.3. The van der Waals surface area contributed by atoms with Gasteiger partial charge in [0, 0.05) is 17.4 Å². The van der Waals surface area contributed by atoms with Crippen LogP contribution >= 0.6 is 11.6 Å². The highest BCUT2D eigenvalue weighted by Gasteiger charge is 2.35. The minimum absolute atomic E-state index is 0.235. The summed E-state index contributed by atoms with van der Waals surface area (Å²) in [5, 5.41) is 4.52. The van der Waals surface area contributed by atoms with E-state index < -0.39 is 11.3 Å². The van der Waals surface area contributed by atoms with E-state index in [2.05, 4.69) is 21.8 Å². The summed E-state index contributed by atoms with van der Waals surface area (Å²) < 4.78 is 25.0. The van der Waals surface area contributed by atoms with Gasteiger partial charge in [0.2, 0.25) is 0 Å². The summed E-state index contributed by atoms with van der Waals surface area (Å²) in [5.41, 5.74) is 1.75. The summed E-state index contributed by atoms with van der Waals surface area (Å²) in [6.07, 6.45) is 3.23. The van der Waals surface area contributed by atoms with Crippen LogP contribution in [0.4, 0.5) is 14.5 Å². The maximum Gasteiger partial charge on any atom is 0.400 e. The molecular weight excluding hydrogens is 264 g/mol. The molecular formula is C11H8ClF2N3O. The molecule has 94 valence electrons. The van der Waals surface area contributed by atoms with Crippen molar-refractivity contribution in [2.24, 2.45) is 0 Å². The van der Waals surface area contributed by atoms with E-state index in [4.69, 9.17) is 0 Å². The molecule has 2 rings (SSSR count). The van der Waals surface area contributed by atoms with Crippen molar-refractivity contribution in [1.82, 2.24) is 10.2 Å². The van der Waals surface area contributed by atoms with Gasteiger partial charge in [0.1, 0.15) is 0 Å². The van der Waals surface area contributed by atoms with Crippen LogP contribution in [0.2, 0.25) is 0 Å². The molecule has 0 aliphatic heterocycles. The minimum Gasteiger partial charge on any atom is -0.320 e. The first kappa shape index (κ1) is 12.5. The molecule has 2 N–H and O–H groups in total. The van der Waals surface area contributed by atoms with Crippen molar-refractivity contribution in [1.29, 1.82) is 0 Å². The van der Waals surface area contributed by atoms with E-state index >= 15 is 0 Å². The molecule has 0 aliphatic carbocycles. The molecule has 0 saturated heterocycles. The van der Waals surface area contributed by atoms with Crippen LogP contribution in [0.15, 0.2) is 36.7 Å². The molecule has 0 unspecified atom stereocenters. The molecule has 0 fully saturated rings. The number of hydrogen-bond donors (Lipinski definition) is 2. The lowest BCUT2D eigenvalue weighted by molar-refractivity contribution is -0.130. The van der Waals surface area contributed by atoms with E-state index in [9.17, 15) is 13.6 Å². The second-order valence-electron chi connectivity index (χ2n) is 3.52. The third-order valence-corrected chi connectivity index (χ3v) is 2.38. The number of nitrogens with one attached hydrogen (secondary N) is 2. The van der Waals surface area contributed by atoms with Gasteiger partial charge < -0.3 is 5.32 Å². The summed E-state index contributed by atoms with van der Waals surface area (Å²) in [6, 6.07) is 6.43. The number of amides is 1. The highest BCUT2D eigenvalue weighted by atomic mass is 35.5. The molecule has 0 aliphatic rings. The Morgan fingerprint density at radius 2 is 2.17 bits per heavy atom. The number of rotatable bonds is 3. The molecule has 7 heteroatoms. The van der Waals surface area contributed by atoms with Crippen LogP contribution in [0, 0.1) is 0 Å². The number of alkyl halides is 3. The number of carbonyl (C=O) groups is 1. The zero-order valence-corrected chi connectivity index (χ0v) is 9.71. The molecule has 1 heterocycles. The van der Waals surface area contributed by atoms with E-state index in [-0.39, 0.29) is 5.69 Å². The van der Waals surface area contributed by atoms with Gasteiger partial charge in [-0.3, -0.25) is 9.89 Å². The van der Waals surface area contributed by atoms with Crippen LogP contribution in [0.25, 0.3) is 11.1 Å². The Kier molecular flexibility index (Phi) is 3.29. The molecule has 1 amide bonds. The molecule has 18 heavy (non-hydrogen) atoms. The maximum atomic E-state index is 12.5. The SMILES string of the molecule is O=C(Nc1cccc(-c2cn[nH]c2)c1)C(F)(F)Cl. The van der Waals surface area contributed by atoms with Gasteiger partial charge in [-0.15, -0.1) is 0 Å². The second kappa shape index (κ2) is 4.73. The van der Waals surface area contributed by atoms with Gasteiger partial charge in [0.05, 0.1) is 6.20 Å². The average molecular weight is 272 g/mol. The van der Waals surface area contributed by atoms with Crippen molar-refractivity contribution in [2.45, 2.75) is 5.38 Å². The molecule has 1 aromatic heterocycles. The number of carbonyl (C=O) groups excluding carboxylic acids is 1. The van der Waals surface area contributed by atoms with Crippen molar-refractivity contribution < 1.29 is 13.6 Å². The Balaban J connectivity index is 2.21. The van der Waals surface area contributed by atoms with Crippen LogP contribution in [0.5, 0.6) is 0 Å². The zero-order chi connectivity index (χ0) is 13.2. The van der Waals surface area contributed by atoms with Gasteiger partial charge in [-0.05, 0) is 29.3 Å². The monoisotopic (exact) mass is 271 g/mol. The molecule has 2 aromatic rings. The first-order valence-electron chi connectivity index (χ1n) is 4.94. The van der Waals surface area contributed by atoms with Gasteiger partial charge in [0.15, 0.2) is 0 Å². The molecule has 0 atom stereocenters. The highest BCUT2D eigenvalue weighted by molar-refractivity contribution is 6.33. The van der Waals surface area contributed by atoms with Crippen LogP contribution in [0.3, 0.4) is 0 Å². The smallest absolute Gasteiger partial charge is 0.320 e. The van der Waals surface area contributed by atoms with Gasteiger partial charge in [-0.1, -0.05) is 12.1 Å². The fourth-order valence-corrected chi connectivity index (χ4v) is 1.43. The number of nitrogens with zero attached hydrogens (tertiary/aromatic N) is 1. The number of hydrogen-bond acceptors (Lipinski definition) is 2. The summed E-state index contributed by atoms with van der Waals surface area (Å²) in [6.45, 7) is 0. The predicted octanol–water partition coefficient (Wildman–Crippen LogP) is 2.85. The zero-order valence-electron chi connectivity index (χ0n) is 8.95. The van der Waals surface area contributed by atoms with Crippen molar-refractivity contribution in [2.75, 3.05) is 5.32 Å². The van der Waals surface area contributed by atoms with Crippen molar-refractivity contribution in [3.8, 4) is 11.1 Å². The van der Waals surface area contributed by atoms with Crippen LogP contribution in [0.1, 0.15) is 0 Å². The third kappa shape index (κ3) is 2.84. The fourth-order valence-electron chi connectivity index (χ4n) is 1.39. The third-order valence-electron chi connectivity index (χ3n) is 2.21. The van der Waals surface area contributed by atoms with Gasteiger partial charge in [-0.2, -0.15) is 13.9 Å². The van der Waals surface area contributed by atoms with Crippen LogP contribution in [-0.4, -0.2) is 21.5 Å². The lowest BCUT2D eigenvalue weighted by Gasteiger charge is -2.09. The van der Waals surface area contributed by atoms with E-state index in [0.717, 1.165) is 11.1 Å². The van der Waals surface area contributed by atoms with E-state index in [1.54, 1.807) is 30.6 Å². The average Bonchev–Trinajstić information content (AvgIpc) is 2.81. The van der Waals surface area contributed by atoms with E-state index in [1.165, 1.54) is 6.07 Å². The first-order chi connectivity index (χ1) is 8.47. The maximum absolute atomic E-state index is 12.5. The Bertz CT molecular complexity index is 552. The van der Waals surface area contributed by atoms with E-state index in [1.807, 2.05) is 5.32 Å². The van der Waals surface area contributed by atoms with Gasteiger partial charge >= 0.3 is 11.3 Å².